The van der Waals surface area contributed by atoms with Crippen molar-refractivity contribution in [3.8, 4) is 0 Å². The van der Waals surface area contributed by atoms with Crippen LogP contribution < -0.4 is 0 Å². The Balaban J connectivity index is 1.77. The van der Waals surface area contributed by atoms with E-state index in [0.29, 0.717) is 12.5 Å². The molecular formula is C17H28O3. The van der Waals surface area contributed by atoms with E-state index in [1.807, 2.05) is 0 Å². The number of allylic oxidation sites excluding steroid dienone is 2. The molecular weight excluding hydrogens is 252 g/mol. The molecule has 3 atom stereocenters. The molecule has 0 saturated carbocycles. The van der Waals surface area contributed by atoms with Crippen LogP contribution in [0.5, 0.6) is 0 Å². The van der Waals surface area contributed by atoms with Crippen LogP contribution in [0.3, 0.4) is 0 Å². The van der Waals surface area contributed by atoms with Crippen LogP contribution in [0.2, 0.25) is 0 Å². The SMILES string of the molecule is CC(C)(C)C1C=CC(=O)C(CCOC2CCCCO2)C1. The Morgan fingerprint density at radius 1 is 1.35 bits per heavy atom. The normalized spacial score (nSPS) is 31.6. The van der Waals surface area contributed by atoms with Crippen molar-refractivity contribution < 1.29 is 14.3 Å². The fourth-order valence-corrected chi connectivity index (χ4v) is 2.94. The second kappa shape index (κ2) is 6.86. The highest BCUT2D eigenvalue weighted by Gasteiger charge is 2.31. The van der Waals surface area contributed by atoms with Gasteiger partial charge in [0.05, 0.1) is 6.61 Å². The van der Waals surface area contributed by atoms with Crippen molar-refractivity contribution in [2.45, 2.75) is 59.2 Å². The molecule has 1 saturated heterocycles. The van der Waals surface area contributed by atoms with Gasteiger partial charge in [0.25, 0.3) is 0 Å². The van der Waals surface area contributed by atoms with Gasteiger partial charge in [0, 0.05) is 12.5 Å². The Morgan fingerprint density at radius 3 is 2.80 bits per heavy atom. The van der Waals surface area contributed by atoms with E-state index in [1.54, 1.807) is 6.08 Å². The molecule has 3 nitrogen and oxygen atoms in total. The van der Waals surface area contributed by atoms with Crippen molar-refractivity contribution in [2.75, 3.05) is 13.2 Å². The summed E-state index contributed by atoms with van der Waals surface area (Å²) < 4.78 is 11.3. The number of rotatable bonds is 4. The minimum absolute atomic E-state index is 0.0450. The van der Waals surface area contributed by atoms with Crippen molar-refractivity contribution in [3.05, 3.63) is 12.2 Å². The molecule has 3 heteroatoms. The molecule has 0 spiro atoms. The first-order chi connectivity index (χ1) is 9.47. The van der Waals surface area contributed by atoms with E-state index < -0.39 is 0 Å². The largest absolute Gasteiger partial charge is 0.353 e. The molecule has 20 heavy (non-hydrogen) atoms. The minimum Gasteiger partial charge on any atom is -0.353 e. The Hall–Kier alpha value is -0.670. The number of hydrogen-bond donors (Lipinski definition) is 0. The summed E-state index contributed by atoms with van der Waals surface area (Å²) in [5, 5.41) is 0. The Labute approximate surface area is 122 Å². The number of ketones is 1. The lowest BCUT2D eigenvalue weighted by Gasteiger charge is -2.33. The molecule has 114 valence electrons. The average Bonchev–Trinajstić information content (AvgIpc) is 2.41. The second-order valence-electron chi connectivity index (χ2n) is 7.12. The van der Waals surface area contributed by atoms with Gasteiger partial charge in [-0.1, -0.05) is 26.8 Å². The van der Waals surface area contributed by atoms with Gasteiger partial charge >= 0.3 is 0 Å². The van der Waals surface area contributed by atoms with E-state index in [2.05, 4.69) is 26.8 Å². The predicted molar refractivity (Wildman–Crippen MR) is 79.4 cm³/mol. The Morgan fingerprint density at radius 2 is 2.15 bits per heavy atom. The van der Waals surface area contributed by atoms with Gasteiger partial charge < -0.3 is 9.47 Å². The van der Waals surface area contributed by atoms with E-state index in [4.69, 9.17) is 9.47 Å². The standard InChI is InChI=1S/C17H28O3/c1-17(2,3)14-7-8-15(18)13(12-14)9-11-20-16-6-4-5-10-19-16/h7-8,13-14,16H,4-6,9-12H2,1-3H3. The van der Waals surface area contributed by atoms with E-state index >= 15 is 0 Å². The lowest BCUT2D eigenvalue weighted by Crippen LogP contribution is -2.30. The summed E-state index contributed by atoms with van der Waals surface area (Å²) >= 11 is 0. The first-order valence-electron chi connectivity index (χ1n) is 7.92. The third-order valence-corrected chi connectivity index (χ3v) is 4.45. The number of ether oxygens (including phenoxy) is 2. The zero-order valence-electron chi connectivity index (χ0n) is 13.1. The van der Waals surface area contributed by atoms with E-state index in [0.717, 1.165) is 32.3 Å². The fourth-order valence-electron chi connectivity index (χ4n) is 2.94. The minimum atomic E-state index is -0.0450. The summed E-state index contributed by atoms with van der Waals surface area (Å²) in [6.07, 6.45) is 8.90. The Bertz CT molecular complexity index is 348. The molecule has 0 N–H and O–H groups in total. The first-order valence-corrected chi connectivity index (χ1v) is 7.92. The highest BCUT2D eigenvalue weighted by molar-refractivity contribution is 5.92. The van der Waals surface area contributed by atoms with E-state index in [-0.39, 0.29) is 23.4 Å². The Kier molecular flexibility index (Phi) is 5.39. The first kappa shape index (κ1) is 15.7. The van der Waals surface area contributed by atoms with Crippen LogP contribution in [-0.2, 0) is 14.3 Å². The maximum atomic E-state index is 12.0. The van der Waals surface area contributed by atoms with Crippen LogP contribution in [-0.4, -0.2) is 25.3 Å². The zero-order valence-corrected chi connectivity index (χ0v) is 13.1. The van der Waals surface area contributed by atoms with Crippen LogP contribution in [0, 0.1) is 17.3 Å². The highest BCUT2D eigenvalue weighted by Crippen LogP contribution is 2.36. The average molecular weight is 280 g/mol. The van der Waals surface area contributed by atoms with E-state index in [9.17, 15) is 4.79 Å². The molecule has 0 aromatic carbocycles. The molecule has 1 heterocycles. The summed E-state index contributed by atoms with van der Waals surface area (Å²) in [4.78, 5) is 12.0. The quantitative estimate of drug-likeness (QED) is 0.787. The van der Waals surface area contributed by atoms with Crippen molar-refractivity contribution in [2.24, 2.45) is 17.3 Å². The van der Waals surface area contributed by atoms with Gasteiger partial charge in [-0.15, -0.1) is 0 Å². The molecule has 2 rings (SSSR count). The van der Waals surface area contributed by atoms with Gasteiger partial charge in [0.15, 0.2) is 12.1 Å². The van der Waals surface area contributed by atoms with Gasteiger partial charge in [0.1, 0.15) is 0 Å². The summed E-state index contributed by atoms with van der Waals surface area (Å²) in [5.74, 6) is 0.864. The molecule has 0 aromatic heterocycles. The number of carbonyl (C=O) groups is 1. The maximum absolute atomic E-state index is 12.0. The summed E-state index contributed by atoms with van der Waals surface area (Å²) in [7, 11) is 0. The summed E-state index contributed by atoms with van der Waals surface area (Å²) in [5.41, 5.74) is 0.225. The summed E-state index contributed by atoms with van der Waals surface area (Å²) in [6.45, 7) is 8.15. The third kappa shape index (κ3) is 4.42. The lowest BCUT2D eigenvalue weighted by molar-refractivity contribution is -0.165. The van der Waals surface area contributed by atoms with Gasteiger partial charge in [-0.3, -0.25) is 4.79 Å². The topological polar surface area (TPSA) is 35.5 Å². The molecule has 0 amide bonds. The fraction of sp³-hybridized carbons (Fsp3) is 0.824. The summed E-state index contributed by atoms with van der Waals surface area (Å²) in [6, 6.07) is 0. The number of carbonyl (C=O) groups excluding carboxylic acids is 1. The molecule has 0 radical (unpaired) electrons. The van der Waals surface area contributed by atoms with Crippen LogP contribution in [0.15, 0.2) is 12.2 Å². The third-order valence-electron chi connectivity index (χ3n) is 4.45. The monoisotopic (exact) mass is 280 g/mol. The highest BCUT2D eigenvalue weighted by atomic mass is 16.7. The molecule has 0 bridgehead atoms. The maximum Gasteiger partial charge on any atom is 0.158 e. The molecule has 1 fully saturated rings. The molecule has 2 aliphatic rings. The van der Waals surface area contributed by atoms with Crippen molar-refractivity contribution in [3.63, 3.8) is 0 Å². The van der Waals surface area contributed by atoms with Gasteiger partial charge in [-0.2, -0.15) is 0 Å². The van der Waals surface area contributed by atoms with Crippen LogP contribution in [0.4, 0.5) is 0 Å². The van der Waals surface area contributed by atoms with E-state index in [1.165, 1.54) is 6.42 Å². The smallest absolute Gasteiger partial charge is 0.158 e. The molecule has 1 aliphatic carbocycles. The van der Waals surface area contributed by atoms with Crippen molar-refractivity contribution in [1.82, 2.24) is 0 Å². The van der Waals surface area contributed by atoms with Crippen molar-refractivity contribution >= 4 is 5.78 Å². The molecule has 1 aliphatic heterocycles. The second-order valence-corrected chi connectivity index (χ2v) is 7.12. The zero-order chi connectivity index (χ0) is 14.6. The van der Waals surface area contributed by atoms with Crippen LogP contribution in [0.25, 0.3) is 0 Å². The van der Waals surface area contributed by atoms with Gasteiger partial charge in [-0.05, 0) is 49.5 Å². The van der Waals surface area contributed by atoms with Crippen LogP contribution >= 0.6 is 0 Å². The van der Waals surface area contributed by atoms with Gasteiger partial charge in [0.2, 0.25) is 0 Å². The molecule has 3 unspecified atom stereocenters. The van der Waals surface area contributed by atoms with Crippen molar-refractivity contribution in [1.29, 1.82) is 0 Å². The predicted octanol–water partition coefficient (Wildman–Crippen LogP) is 3.73. The number of hydrogen-bond acceptors (Lipinski definition) is 3. The van der Waals surface area contributed by atoms with Gasteiger partial charge in [-0.25, -0.2) is 0 Å². The molecule has 0 aromatic rings. The lowest BCUT2D eigenvalue weighted by atomic mass is 9.71. The van der Waals surface area contributed by atoms with Crippen LogP contribution in [0.1, 0.15) is 52.9 Å².